The van der Waals surface area contributed by atoms with Crippen molar-refractivity contribution in [2.24, 2.45) is 0 Å². The minimum absolute atomic E-state index is 0.217. The molecule has 24 heavy (non-hydrogen) atoms. The molecule has 1 heterocycles. The van der Waals surface area contributed by atoms with Crippen molar-refractivity contribution in [1.82, 2.24) is 9.71 Å². The SMILES string of the molecule is Cc1ccc(CNS(=O)(=O)c2ccc(-c3cnc(C)o3)cc2)cc1. The molecule has 0 fully saturated rings. The molecule has 5 nitrogen and oxygen atoms in total. The van der Waals surface area contributed by atoms with E-state index in [1.807, 2.05) is 31.2 Å². The van der Waals surface area contributed by atoms with Crippen LogP contribution in [0.5, 0.6) is 0 Å². The molecule has 1 aromatic heterocycles. The molecule has 0 aliphatic heterocycles. The molecule has 0 bridgehead atoms. The summed E-state index contributed by atoms with van der Waals surface area (Å²) in [6.45, 7) is 4.01. The smallest absolute Gasteiger partial charge is 0.240 e. The molecule has 0 radical (unpaired) electrons. The van der Waals surface area contributed by atoms with Crippen LogP contribution in [0.4, 0.5) is 0 Å². The zero-order chi connectivity index (χ0) is 17.2. The Morgan fingerprint density at radius 1 is 1.00 bits per heavy atom. The van der Waals surface area contributed by atoms with Crippen LogP contribution in [-0.2, 0) is 16.6 Å². The Morgan fingerprint density at radius 3 is 2.25 bits per heavy atom. The lowest BCUT2D eigenvalue weighted by molar-refractivity contribution is 0.534. The number of aromatic nitrogens is 1. The standard InChI is InChI=1S/C18H18N2O3S/c1-13-3-5-15(6-4-13)11-20-24(21,22)17-9-7-16(8-10-17)18-12-19-14(2)23-18/h3-10,12,20H,11H2,1-2H3. The molecule has 124 valence electrons. The zero-order valence-electron chi connectivity index (χ0n) is 13.5. The largest absolute Gasteiger partial charge is 0.441 e. The topological polar surface area (TPSA) is 72.2 Å². The van der Waals surface area contributed by atoms with E-state index < -0.39 is 10.0 Å². The van der Waals surface area contributed by atoms with Gasteiger partial charge < -0.3 is 4.42 Å². The van der Waals surface area contributed by atoms with Gasteiger partial charge in [0.1, 0.15) is 0 Å². The van der Waals surface area contributed by atoms with Gasteiger partial charge >= 0.3 is 0 Å². The van der Waals surface area contributed by atoms with Crippen molar-refractivity contribution in [3.05, 3.63) is 71.7 Å². The Balaban J connectivity index is 1.73. The first-order valence-corrected chi connectivity index (χ1v) is 9.00. The van der Waals surface area contributed by atoms with E-state index in [2.05, 4.69) is 9.71 Å². The maximum Gasteiger partial charge on any atom is 0.240 e. The highest BCUT2D eigenvalue weighted by Crippen LogP contribution is 2.22. The molecular formula is C18H18N2O3S. The maximum atomic E-state index is 12.4. The number of benzene rings is 2. The first-order valence-electron chi connectivity index (χ1n) is 7.52. The van der Waals surface area contributed by atoms with Gasteiger partial charge in [-0.1, -0.05) is 29.8 Å². The summed E-state index contributed by atoms with van der Waals surface area (Å²) in [7, 11) is -3.56. The normalized spacial score (nSPS) is 11.6. The van der Waals surface area contributed by atoms with E-state index in [1.54, 1.807) is 37.4 Å². The van der Waals surface area contributed by atoms with Crippen molar-refractivity contribution >= 4 is 10.0 Å². The van der Waals surface area contributed by atoms with Gasteiger partial charge in [0.25, 0.3) is 0 Å². The summed E-state index contributed by atoms with van der Waals surface area (Å²) >= 11 is 0. The fourth-order valence-corrected chi connectivity index (χ4v) is 3.28. The van der Waals surface area contributed by atoms with Crippen molar-refractivity contribution < 1.29 is 12.8 Å². The molecule has 0 spiro atoms. The number of hydrogen-bond acceptors (Lipinski definition) is 4. The first-order chi connectivity index (χ1) is 11.4. The lowest BCUT2D eigenvalue weighted by atomic mass is 10.2. The van der Waals surface area contributed by atoms with Gasteiger partial charge in [-0.25, -0.2) is 18.1 Å². The second-order valence-electron chi connectivity index (χ2n) is 5.58. The van der Waals surface area contributed by atoms with Crippen LogP contribution in [0.25, 0.3) is 11.3 Å². The minimum atomic E-state index is -3.56. The number of nitrogens with one attached hydrogen (secondary N) is 1. The van der Waals surface area contributed by atoms with Gasteiger partial charge in [0.05, 0.1) is 11.1 Å². The molecule has 0 amide bonds. The van der Waals surface area contributed by atoms with Gasteiger partial charge in [-0.3, -0.25) is 0 Å². The van der Waals surface area contributed by atoms with Crippen molar-refractivity contribution in [1.29, 1.82) is 0 Å². The van der Waals surface area contributed by atoms with Crippen LogP contribution in [-0.4, -0.2) is 13.4 Å². The molecule has 3 aromatic rings. The molecule has 0 unspecified atom stereocenters. The molecular weight excluding hydrogens is 324 g/mol. The summed E-state index contributed by atoms with van der Waals surface area (Å²) in [6, 6.07) is 14.3. The van der Waals surface area contributed by atoms with Gasteiger partial charge in [-0.05, 0) is 36.8 Å². The molecule has 3 rings (SSSR count). The van der Waals surface area contributed by atoms with Crippen LogP contribution >= 0.6 is 0 Å². The monoisotopic (exact) mass is 342 g/mol. The van der Waals surface area contributed by atoms with Crippen molar-refractivity contribution in [2.75, 3.05) is 0 Å². The Hall–Kier alpha value is -2.44. The van der Waals surface area contributed by atoms with Crippen LogP contribution in [0.15, 0.2) is 64.0 Å². The fraction of sp³-hybridized carbons (Fsp3) is 0.167. The van der Waals surface area contributed by atoms with Gasteiger partial charge in [-0.15, -0.1) is 0 Å². The summed E-state index contributed by atoms with van der Waals surface area (Å²) in [5.74, 6) is 1.19. The van der Waals surface area contributed by atoms with Crippen LogP contribution in [0, 0.1) is 13.8 Å². The van der Waals surface area contributed by atoms with Crippen LogP contribution in [0.1, 0.15) is 17.0 Å². The zero-order valence-corrected chi connectivity index (χ0v) is 14.3. The quantitative estimate of drug-likeness (QED) is 0.771. The number of oxazole rings is 1. The van der Waals surface area contributed by atoms with Crippen molar-refractivity contribution in [2.45, 2.75) is 25.3 Å². The lowest BCUT2D eigenvalue weighted by Crippen LogP contribution is -2.23. The van der Waals surface area contributed by atoms with Gasteiger partial charge in [0.2, 0.25) is 10.0 Å². The van der Waals surface area contributed by atoms with Crippen molar-refractivity contribution in [3.63, 3.8) is 0 Å². The third kappa shape index (κ3) is 3.72. The second kappa shape index (κ2) is 6.59. The lowest BCUT2D eigenvalue weighted by Gasteiger charge is -2.08. The Bertz CT molecular complexity index is 927. The molecule has 0 aliphatic carbocycles. The van der Waals surface area contributed by atoms with E-state index in [1.165, 1.54) is 0 Å². The number of rotatable bonds is 5. The predicted molar refractivity (Wildman–Crippen MR) is 91.9 cm³/mol. The predicted octanol–water partition coefficient (Wildman–Crippen LogP) is 3.44. The average molecular weight is 342 g/mol. The molecule has 2 aromatic carbocycles. The number of sulfonamides is 1. The van der Waals surface area contributed by atoms with Gasteiger partial charge in [0.15, 0.2) is 11.7 Å². The third-order valence-electron chi connectivity index (χ3n) is 3.66. The molecule has 0 saturated carbocycles. The summed E-state index contributed by atoms with van der Waals surface area (Å²) < 4.78 is 32.8. The Kier molecular flexibility index (Phi) is 4.51. The summed E-state index contributed by atoms with van der Waals surface area (Å²) in [4.78, 5) is 4.25. The van der Waals surface area contributed by atoms with Gasteiger partial charge in [-0.2, -0.15) is 0 Å². The number of nitrogens with zero attached hydrogens (tertiary/aromatic N) is 1. The Labute approximate surface area is 141 Å². The van der Waals surface area contributed by atoms with Crippen LogP contribution < -0.4 is 4.72 Å². The summed E-state index contributed by atoms with van der Waals surface area (Å²) in [5, 5.41) is 0. The Morgan fingerprint density at radius 2 is 1.67 bits per heavy atom. The minimum Gasteiger partial charge on any atom is -0.441 e. The van der Waals surface area contributed by atoms with E-state index in [0.29, 0.717) is 11.7 Å². The number of aryl methyl sites for hydroxylation is 2. The maximum absolute atomic E-state index is 12.4. The first kappa shape index (κ1) is 16.4. The molecule has 0 saturated heterocycles. The van der Waals surface area contributed by atoms with Gasteiger partial charge in [0, 0.05) is 19.0 Å². The molecule has 1 N–H and O–H groups in total. The van der Waals surface area contributed by atoms with E-state index in [0.717, 1.165) is 16.7 Å². The fourth-order valence-electron chi connectivity index (χ4n) is 2.26. The van der Waals surface area contributed by atoms with Crippen molar-refractivity contribution in [3.8, 4) is 11.3 Å². The molecule has 0 aliphatic rings. The van der Waals surface area contributed by atoms with Crippen LogP contribution in [0.3, 0.4) is 0 Å². The van der Waals surface area contributed by atoms with E-state index in [-0.39, 0.29) is 11.4 Å². The van der Waals surface area contributed by atoms with E-state index in [4.69, 9.17) is 4.42 Å². The third-order valence-corrected chi connectivity index (χ3v) is 5.07. The molecule has 6 heteroatoms. The highest BCUT2D eigenvalue weighted by molar-refractivity contribution is 7.89. The molecule has 0 atom stereocenters. The van der Waals surface area contributed by atoms with E-state index in [9.17, 15) is 8.42 Å². The number of hydrogen-bond donors (Lipinski definition) is 1. The highest BCUT2D eigenvalue weighted by atomic mass is 32.2. The highest BCUT2D eigenvalue weighted by Gasteiger charge is 2.14. The second-order valence-corrected chi connectivity index (χ2v) is 7.35. The van der Waals surface area contributed by atoms with E-state index >= 15 is 0 Å². The average Bonchev–Trinajstić information content (AvgIpc) is 3.01. The summed E-state index contributed by atoms with van der Waals surface area (Å²) in [6.07, 6.45) is 1.62. The summed E-state index contributed by atoms with van der Waals surface area (Å²) in [5.41, 5.74) is 2.84. The van der Waals surface area contributed by atoms with Crippen LogP contribution in [0.2, 0.25) is 0 Å².